The van der Waals surface area contributed by atoms with Gasteiger partial charge in [0.15, 0.2) is 5.58 Å². The summed E-state index contributed by atoms with van der Waals surface area (Å²) in [5.74, 6) is 0.779. The Labute approximate surface area is 112 Å². The Morgan fingerprint density at radius 3 is 2.79 bits per heavy atom. The number of hydrogen-bond donors (Lipinski definition) is 1. The largest absolute Gasteiger partial charge is 0.440 e. The highest BCUT2D eigenvalue weighted by atomic mass is 16.5. The fourth-order valence-corrected chi connectivity index (χ4v) is 2.69. The lowest BCUT2D eigenvalue weighted by Crippen LogP contribution is -2.40. The van der Waals surface area contributed by atoms with Gasteiger partial charge in [-0.05, 0) is 37.0 Å². The first-order valence-corrected chi connectivity index (χ1v) is 6.95. The van der Waals surface area contributed by atoms with E-state index >= 15 is 0 Å². The minimum Gasteiger partial charge on any atom is -0.440 e. The molecule has 3 rings (SSSR count). The van der Waals surface area contributed by atoms with E-state index in [2.05, 4.69) is 24.0 Å². The fraction of sp³-hybridized carbons (Fsp3) is 0.533. The highest BCUT2D eigenvalue weighted by Crippen LogP contribution is 2.35. The molecule has 1 aliphatic heterocycles. The first kappa shape index (κ1) is 12.6. The maximum absolute atomic E-state index is 5.99. The van der Waals surface area contributed by atoms with Gasteiger partial charge in [-0.25, -0.2) is 4.98 Å². The van der Waals surface area contributed by atoms with E-state index in [-0.39, 0.29) is 5.41 Å². The second-order valence-corrected chi connectivity index (χ2v) is 5.27. The van der Waals surface area contributed by atoms with Crippen LogP contribution in [0.4, 0.5) is 0 Å². The molecule has 2 aromatic rings. The number of aromatic nitrogens is 1. The van der Waals surface area contributed by atoms with Crippen LogP contribution in [0.1, 0.15) is 31.2 Å². The first-order valence-electron chi connectivity index (χ1n) is 6.95. The summed E-state index contributed by atoms with van der Waals surface area (Å²) < 4.78 is 11.4. The molecule has 0 saturated carbocycles. The normalized spacial score (nSPS) is 18.8. The monoisotopic (exact) mass is 260 g/mol. The van der Waals surface area contributed by atoms with Crippen LogP contribution in [0.2, 0.25) is 0 Å². The van der Waals surface area contributed by atoms with Gasteiger partial charge in [0.25, 0.3) is 0 Å². The molecule has 0 unspecified atom stereocenters. The lowest BCUT2D eigenvalue weighted by atomic mass is 9.80. The quantitative estimate of drug-likeness (QED) is 0.920. The lowest BCUT2D eigenvalue weighted by molar-refractivity contribution is 0.0438. The molecule has 0 amide bonds. The van der Waals surface area contributed by atoms with Gasteiger partial charge in [-0.3, -0.25) is 0 Å². The van der Waals surface area contributed by atoms with Crippen molar-refractivity contribution in [2.24, 2.45) is 5.73 Å². The molecule has 0 radical (unpaired) electrons. The smallest absolute Gasteiger partial charge is 0.203 e. The second-order valence-electron chi connectivity index (χ2n) is 5.27. The summed E-state index contributed by atoms with van der Waals surface area (Å²) in [5.41, 5.74) is 8.91. The summed E-state index contributed by atoms with van der Waals surface area (Å²) in [5, 5.41) is 0. The van der Waals surface area contributed by atoms with Crippen LogP contribution in [0, 0.1) is 0 Å². The molecule has 0 atom stereocenters. The van der Waals surface area contributed by atoms with E-state index in [1.807, 2.05) is 6.07 Å². The molecule has 1 aromatic heterocycles. The van der Waals surface area contributed by atoms with Gasteiger partial charge in [-0.15, -0.1) is 0 Å². The first-order chi connectivity index (χ1) is 9.27. The number of rotatable bonds is 3. The number of nitrogens with two attached hydrogens (primary N) is 1. The van der Waals surface area contributed by atoms with Gasteiger partial charge in [0, 0.05) is 19.8 Å². The van der Waals surface area contributed by atoms with Gasteiger partial charge >= 0.3 is 0 Å². The van der Waals surface area contributed by atoms with Crippen molar-refractivity contribution in [1.29, 1.82) is 0 Å². The van der Waals surface area contributed by atoms with Gasteiger partial charge in [0.05, 0.1) is 5.41 Å². The molecule has 1 fully saturated rings. The van der Waals surface area contributed by atoms with Gasteiger partial charge in [-0.2, -0.15) is 0 Å². The zero-order valence-electron chi connectivity index (χ0n) is 11.3. The average Bonchev–Trinajstić information content (AvgIpc) is 2.91. The maximum Gasteiger partial charge on any atom is 0.203 e. The molecule has 1 aliphatic rings. The maximum atomic E-state index is 5.99. The van der Waals surface area contributed by atoms with Crippen LogP contribution in [-0.2, 0) is 16.6 Å². The Kier molecular flexibility index (Phi) is 3.29. The Hall–Kier alpha value is -1.39. The second kappa shape index (κ2) is 4.94. The number of fused-ring (bicyclic) bond motifs is 1. The van der Waals surface area contributed by atoms with E-state index in [1.54, 1.807) is 0 Å². The van der Waals surface area contributed by atoms with Gasteiger partial charge in [0.2, 0.25) is 5.89 Å². The molecule has 0 aliphatic carbocycles. The van der Waals surface area contributed by atoms with Crippen molar-refractivity contribution in [3.05, 3.63) is 29.7 Å². The van der Waals surface area contributed by atoms with Crippen molar-refractivity contribution < 1.29 is 9.15 Å². The molecule has 1 aromatic carbocycles. The summed E-state index contributed by atoms with van der Waals surface area (Å²) in [6.45, 7) is 4.16. The number of oxazole rings is 1. The Morgan fingerprint density at radius 2 is 2.11 bits per heavy atom. The van der Waals surface area contributed by atoms with Crippen molar-refractivity contribution in [2.75, 3.05) is 19.8 Å². The molecule has 2 N–H and O–H groups in total. The molecule has 1 saturated heterocycles. The van der Waals surface area contributed by atoms with Crippen LogP contribution in [0.25, 0.3) is 11.1 Å². The Bertz CT molecular complexity index is 571. The van der Waals surface area contributed by atoms with Crippen LogP contribution in [-0.4, -0.2) is 24.7 Å². The minimum absolute atomic E-state index is 0.149. The van der Waals surface area contributed by atoms with Crippen molar-refractivity contribution >= 4 is 11.1 Å². The van der Waals surface area contributed by atoms with Crippen LogP contribution in [0.3, 0.4) is 0 Å². The highest BCUT2D eigenvalue weighted by Gasteiger charge is 2.37. The number of hydrogen-bond acceptors (Lipinski definition) is 4. The molecule has 2 heterocycles. The summed E-state index contributed by atoms with van der Waals surface area (Å²) in [6.07, 6.45) is 2.78. The third kappa shape index (κ3) is 2.15. The highest BCUT2D eigenvalue weighted by molar-refractivity contribution is 5.73. The van der Waals surface area contributed by atoms with E-state index in [1.165, 1.54) is 5.56 Å². The number of aryl methyl sites for hydroxylation is 1. The van der Waals surface area contributed by atoms with Crippen molar-refractivity contribution in [3.8, 4) is 0 Å². The van der Waals surface area contributed by atoms with Crippen molar-refractivity contribution in [1.82, 2.24) is 4.98 Å². The van der Waals surface area contributed by atoms with Crippen LogP contribution in [0.15, 0.2) is 22.6 Å². The van der Waals surface area contributed by atoms with E-state index in [9.17, 15) is 0 Å². The van der Waals surface area contributed by atoms with E-state index < -0.39 is 0 Å². The summed E-state index contributed by atoms with van der Waals surface area (Å²) in [4.78, 5) is 4.69. The Balaban J connectivity index is 2.03. The van der Waals surface area contributed by atoms with Gasteiger partial charge < -0.3 is 14.9 Å². The summed E-state index contributed by atoms with van der Waals surface area (Å²) in [6, 6.07) is 6.20. The third-order valence-electron chi connectivity index (χ3n) is 4.15. The number of nitrogens with zero attached hydrogens (tertiary/aromatic N) is 1. The topological polar surface area (TPSA) is 61.3 Å². The summed E-state index contributed by atoms with van der Waals surface area (Å²) in [7, 11) is 0. The zero-order valence-corrected chi connectivity index (χ0v) is 11.3. The molecule has 102 valence electrons. The molecular formula is C15H20N2O2. The predicted molar refractivity (Wildman–Crippen MR) is 74.2 cm³/mol. The number of ether oxygens (including phenoxy) is 1. The van der Waals surface area contributed by atoms with Gasteiger partial charge in [0.1, 0.15) is 5.52 Å². The van der Waals surface area contributed by atoms with Gasteiger partial charge in [-0.1, -0.05) is 13.0 Å². The van der Waals surface area contributed by atoms with E-state index in [0.29, 0.717) is 6.54 Å². The Morgan fingerprint density at radius 1 is 1.32 bits per heavy atom. The van der Waals surface area contributed by atoms with Crippen molar-refractivity contribution in [3.63, 3.8) is 0 Å². The third-order valence-corrected chi connectivity index (χ3v) is 4.15. The number of benzene rings is 1. The molecule has 0 spiro atoms. The molecule has 0 bridgehead atoms. The molecular weight excluding hydrogens is 240 g/mol. The molecule has 19 heavy (non-hydrogen) atoms. The predicted octanol–water partition coefficient (Wildman–Crippen LogP) is 2.40. The standard InChI is InChI=1S/C15H20N2O2/c1-2-11-3-4-13-12(9-11)17-14(19-13)15(10-16)5-7-18-8-6-15/h3-4,9H,2,5-8,10,16H2,1H3. The molecule has 4 heteroatoms. The zero-order chi connectivity index (χ0) is 13.3. The SMILES string of the molecule is CCc1ccc2oc(C3(CN)CCOCC3)nc2c1. The lowest BCUT2D eigenvalue weighted by Gasteiger charge is -2.32. The van der Waals surface area contributed by atoms with Crippen LogP contribution in [0.5, 0.6) is 0 Å². The minimum atomic E-state index is -0.149. The van der Waals surface area contributed by atoms with E-state index in [4.69, 9.17) is 14.9 Å². The average molecular weight is 260 g/mol. The fourth-order valence-electron chi connectivity index (χ4n) is 2.69. The van der Waals surface area contributed by atoms with Crippen molar-refractivity contribution in [2.45, 2.75) is 31.6 Å². The molecule has 4 nitrogen and oxygen atoms in total. The van der Waals surface area contributed by atoms with Crippen LogP contribution >= 0.6 is 0 Å². The van der Waals surface area contributed by atoms with Crippen LogP contribution < -0.4 is 5.73 Å². The summed E-state index contributed by atoms with van der Waals surface area (Å²) >= 11 is 0. The van der Waals surface area contributed by atoms with E-state index in [0.717, 1.165) is 49.5 Å².